The van der Waals surface area contributed by atoms with Gasteiger partial charge in [-0.15, -0.1) is 0 Å². The van der Waals surface area contributed by atoms with Crippen LogP contribution in [0.3, 0.4) is 0 Å². The van der Waals surface area contributed by atoms with Crippen molar-refractivity contribution in [2.45, 2.75) is 52.4 Å². The van der Waals surface area contributed by atoms with Crippen molar-refractivity contribution in [2.75, 3.05) is 11.9 Å². The van der Waals surface area contributed by atoms with Gasteiger partial charge in [-0.3, -0.25) is 0 Å². The summed E-state index contributed by atoms with van der Waals surface area (Å²) >= 11 is 0. The topological polar surface area (TPSA) is 56.1 Å². The highest BCUT2D eigenvalue weighted by Gasteiger charge is 2.34. The van der Waals surface area contributed by atoms with E-state index in [0.717, 1.165) is 22.9 Å². The maximum absolute atomic E-state index is 13.1. The molecular weight excluding hydrogens is 491 g/mol. The molecule has 0 saturated carbocycles. The third kappa shape index (κ3) is 5.98. The van der Waals surface area contributed by atoms with Gasteiger partial charge in [0.05, 0.1) is 12.3 Å². The smallest absolute Gasteiger partial charge is 0.434 e. The lowest BCUT2D eigenvalue weighted by molar-refractivity contribution is -0.140. The van der Waals surface area contributed by atoms with E-state index in [1.54, 1.807) is 25.4 Å². The molecule has 2 aromatic heterocycles. The Morgan fingerprint density at radius 2 is 1.66 bits per heavy atom. The first-order chi connectivity index (χ1) is 17.9. The average Bonchev–Trinajstić information content (AvgIpc) is 3.26. The lowest BCUT2D eigenvalue weighted by Gasteiger charge is -2.23. The maximum Gasteiger partial charge on any atom is 0.434 e. The Hall–Kier alpha value is -3.88. The molecule has 0 bridgehead atoms. The highest BCUT2D eigenvalue weighted by Crippen LogP contribution is 2.33. The fourth-order valence-corrected chi connectivity index (χ4v) is 4.29. The summed E-state index contributed by atoms with van der Waals surface area (Å²) < 4.78 is 46.6. The van der Waals surface area contributed by atoms with Crippen LogP contribution in [0.4, 0.5) is 19.0 Å². The number of aromatic nitrogens is 4. The van der Waals surface area contributed by atoms with Crippen LogP contribution in [0.2, 0.25) is 0 Å². The molecule has 0 spiro atoms. The normalized spacial score (nSPS) is 11.9. The summed E-state index contributed by atoms with van der Waals surface area (Å²) in [7, 11) is 3.48. The highest BCUT2D eigenvalue weighted by molar-refractivity contribution is 5.65. The van der Waals surface area contributed by atoms with E-state index in [9.17, 15) is 13.2 Å². The third-order valence-corrected chi connectivity index (χ3v) is 6.08. The van der Waals surface area contributed by atoms with Crippen LogP contribution >= 0.6 is 0 Å². The van der Waals surface area contributed by atoms with Crippen LogP contribution < -0.4 is 9.64 Å². The molecule has 0 radical (unpaired) electrons. The summed E-state index contributed by atoms with van der Waals surface area (Å²) in [6.07, 6.45) is -1.83. The summed E-state index contributed by atoms with van der Waals surface area (Å²) in [4.78, 5) is 15.3. The van der Waals surface area contributed by atoms with Gasteiger partial charge in [0.2, 0.25) is 0 Å². The molecule has 0 amide bonds. The summed E-state index contributed by atoms with van der Waals surface area (Å²) in [6.45, 7) is 8.69. The molecule has 6 nitrogen and oxygen atoms in total. The first kappa shape index (κ1) is 27.2. The van der Waals surface area contributed by atoms with Crippen LogP contribution in [0.1, 0.15) is 50.4 Å². The number of alkyl halides is 3. The minimum absolute atomic E-state index is 0.0572. The van der Waals surface area contributed by atoms with E-state index in [0.29, 0.717) is 35.4 Å². The zero-order valence-corrected chi connectivity index (χ0v) is 22.4. The highest BCUT2D eigenvalue weighted by atomic mass is 19.4. The average molecular weight is 524 g/mol. The van der Waals surface area contributed by atoms with Gasteiger partial charge in [0.25, 0.3) is 0 Å². The van der Waals surface area contributed by atoms with Crippen molar-refractivity contribution in [3.05, 3.63) is 77.7 Å². The van der Waals surface area contributed by atoms with E-state index >= 15 is 0 Å². The summed E-state index contributed by atoms with van der Waals surface area (Å²) in [5, 5.41) is 0. The minimum Gasteiger partial charge on any atom is -0.486 e. The van der Waals surface area contributed by atoms with E-state index in [2.05, 4.69) is 29.9 Å². The van der Waals surface area contributed by atoms with Gasteiger partial charge in [-0.25, -0.2) is 15.0 Å². The van der Waals surface area contributed by atoms with Gasteiger partial charge >= 0.3 is 6.18 Å². The zero-order chi connectivity index (χ0) is 27.6. The standard InChI is InChI=1S/C29H32F3N5O/c1-18(2)22-9-7-8-10-23(22)26-33-15-24(38-19(3)4)28(35-26)36(5)16-20-11-13-21(14-12-20)27-34-25(17-37(27)6)29(30,31)32/h7-15,17-19H,16H2,1-6H3. The Kier molecular flexibility index (Phi) is 7.76. The number of ether oxygens (including phenoxy) is 1. The molecule has 4 rings (SSSR count). The number of rotatable bonds is 8. The van der Waals surface area contributed by atoms with Crippen molar-refractivity contribution in [1.82, 2.24) is 19.5 Å². The first-order valence-corrected chi connectivity index (χ1v) is 12.5. The SMILES string of the molecule is CC(C)Oc1cnc(-c2ccccc2C(C)C)nc1N(C)Cc1ccc(-c2nc(C(F)(F)F)cn2C)cc1. The Balaban J connectivity index is 1.63. The second-order valence-corrected chi connectivity index (χ2v) is 9.90. The molecule has 9 heteroatoms. The number of halogens is 3. The molecule has 0 aliphatic rings. The van der Waals surface area contributed by atoms with Gasteiger partial charge in [0.15, 0.2) is 23.1 Å². The molecule has 2 aromatic carbocycles. The van der Waals surface area contributed by atoms with Crippen LogP contribution in [0.5, 0.6) is 5.75 Å². The molecule has 4 aromatic rings. The van der Waals surface area contributed by atoms with Crippen molar-refractivity contribution in [3.8, 4) is 28.5 Å². The van der Waals surface area contributed by atoms with Gasteiger partial charge < -0.3 is 14.2 Å². The summed E-state index contributed by atoms with van der Waals surface area (Å²) in [5.41, 5.74) is 2.80. The maximum atomic E-state index is 13.1. The summed E-state index contributed by atoms with van der Waals surface area (Å²) in [5.74, 6) is 2.43. The van der Waals surface area contributed by atoms with Gasteiger partial charge in [-0.1, -0.05) is 62.4 Å². The fourth-order valence-electron chi connectivity index (χ4n) is 4.29. The number of imidazole rings is 1. The van der Waals surface area contributed by atoms with Crippen LogP contribution in [0.25, 0.3) is 22.8 Å². The Bertz CT molecular complexity index is 1390. The number of hydrogen-bond acceptors (Lipinski definition) is 5. The quantitative estimate of drug-likeness (QED) is 0.246. The van der Waals surface area contributed by atoms with Crippen molar-refractivity contribution in [3.63, 3.8) is 0 Å². The Morgan fingerprint density at radius 3 is 2.26 bits per heavy atom. The van der Waals surface area contributed by atoms with Crippen molar-refractivity contribution >= 4 is 5.82 Å². The Morgan fingerprint density at radius 1 is 0.974 bits per heavy atom. The molecule has 0 N–H and O–H groups in total. The number of benzene rings is 2. The second kappa shape index (κ2) is 10.8. The first-order valence-electron chi connectivity index (χ1n) is 12.5. The van der Waals surface area contributed by atoms with Crippen molar-refractivity contribution in [1.29, 1.82) is 0 Å². The van der Waals surface area contributed by atoms with Crippen molar-refractivity contribution in [2.24, 2.45) is 7.05 Å². The molecule has 200 valence electrons. The molecule has 0 aliphatic heterocycles. The molecule has 0 saturated heterocycles. The van der Waals surface area contributed by atoms with Gasteiger partial charge in [0.1, 0.15) is 5.82 Å². The van der Waals surface area contributed by atoms with Gasteiger partial charge in [-0.05, 0) is 30.9 Å². The molecule has 0 atom stereocenters. The van der Waals surface area contributed by atoms with E-state index in [1.165, 1.54) is 4.57 Å². The summed E-state index contributed by atoms with van der Waals surface area (Å²) in [6, 6.07) is 15.4. The molecule has 0 fully saturated rings. The Labute approximate surface area is 221 Å². The van der Waals surface area contributed by atoms with Crippen LogP contribution in [0.15, 0.2) is 60.9 Å². The van der Waals surface area contributed by atoms with Crippen molar-refractivity contribution < 1.29 is 17.9 Å². The lowest BCUT2D eigenvalue weighted by atomic mass is 9.97. The van der Waals surface area contributed by atoms with Crippen LogP contribution in [0, 0.1) is 0 Å². The third-order valence-electron chi connectivity index (χ3n) is 6.08. The number of aryl methyl sites for hydroxylation is 1. The molecular formula is C29H32F3N5O. The fraction of sp³-hybridized carbons (Fsp3) is 0.345. The number of anilines is 1. The monoisotopic (exact) mass is 523 g/mol. The largest absolute Gasteiger partial charge is 0.486 e. The van der Waals surface area contributed by atoms with E-state index in [-0.39, 0.29) is 11.9 Å². The number of hydrogen-bond donors (Lipinski definition) is 0. The number of nitrogens with zero attached hydrogens (tertiary/aromatic N) is 5. The molecule has 38 heavy (non-hydrogen) atoms. The van der Waals surface area contributed by atoms with E-state index < -0.39 is 11.9 Å². The molecule has 2 heterocycles. The predicted octanol–water partition coefficient (Wildman–Crippen LogP) is 7.11. The van der Waals surface area contributed by atoms with E-state index in [4.69, 9.17) is 9.72 Å². The van der Waals surface area contributed by atoms with Crippen LogP contribution in [-0.2, 0) is 19.8 Å². The van der Waals surface area contributed by atoms with Crippen LogP contribution in [-0.4, -0.2) is 32.7 Å². The minimum atomic E-state index is -4.49. The second-order valence-electron chi connectivity index (χ2n) is 9.90. The lowest BCUT2D eigenvalue weighted by Crippen LogP contribution is -2.20. The molecule has 0 unspecified atom stereocenters. The predicted molar refractivity (Wildman–Crippen MR) is 143 cm³/mol. The van der Waals surface area contributed by atoms with Gasteiger partial charge in [0, 0.05) is 38.0 Å². The zero-order valence-electron chi connectivity index (χ0n) is 22.4. The van der Waals surface area contributed by atoms with E-state index in [1.807, 2.05) is 56.1 Å². The molecule has 0 aliphatic carbocycles. The van der Waals surface area contributed by atoms with Gasteiger partial charge in [-0.2, -0.15) is 13.2 Å².